The number of carbonyl (C=O) groups excluding carboxylic acids is 1. The molecule has 0 saturated carbocycles. The number of nitro groups is 1. The SMILES string of the molecule is CCCOc1ccc(/C=C/C(=O)Nc2ccc(N(C)C)cc2)cc1[N+](=O)[O-]. The van der Waals surface area contributed by atoms with Crippen molar-refractivity contribution >= 4 is 29.0 Å². The summed E-state index contributed by atoms with van der Waals surface area (Å²) in [6.07, 6.45) is 3.63. The summed E-state index contributed by atoms with van der Waals surface area (Å²) in [4.78, 5) is 24.7. The fraction of sp³-hybridized carbons (Fsp3) is 0.250. The first-order chi connectivity index (χ1) is 12.9. The standard InChI is InChI=1S/C20H23N3O4/c1-4-13-27-19-11-5-15(14-18(19)23(25)26)6-12-20(24)21-16-7-9-17(10-8-16)22(2)3/h5-12,14H,4,13H2,1-3H3,(H,21,24)/b12-6+. The third kappa shape index (κ3) is 5.85. The molecule has 1 amide bonds. The first-order valence-corrected chi connectivity index (χ1v) is 8.58. The lowest BCUT2D eigenvalue weighted by Crippen LogP contribution is -2.10. The van der Waals surface area contributed by atoms with E-state index in [1.165, 1.54) is 18.2 Å². The maximum Gasteiger partial charge on any atom is 0.311 e. The molecule has 0 radical (unpaired) electrons. The van der Waals surface area contributed by atoms with E-state index in [1.54, 1.807) is 12.1 Å². The molecular formula is C20H23N3O4. The van der Waals surface area contributed by atoms with Crippen molar-refractivity contribution in [2.75, 3.05) is 30.9 Å². The number of hydrogen-bond donors (Lipinski definition) is 1. The molecule has 0 spiro atoms. The van der Waals surface area contributed by atoms with Crippen LogP contribution in [0.15, 0.2) is 48.5 Å². The zero-order valence-electron chi connectivity index (χ0n) is 15.6. The highest BCUT2D eigenvalue weighted by Crippen LogP contribution is 2.28. The van der Waals surface area contributed by atoms with Crippen molar-refractivity contribution in [3.63, 3.8) is 0 Å². The fourth-order valence-corrected chi connectivity index (χ4v) is 2.31. The van der Waals surface area contributed by atoms with Crippen LogP contribution in [0.3, 0.4) is 0 Å². The number of rotatable bonds is 8. The van der Waals surface area contributed by atoms with Crippen molar-refractivity contribution in [3.8, 4) is 5.75 Å². The van der Waals surface area contributed by atoms with E-state index in [4.69, 9.17) is 4.74 Å². The number of ether oxygens (including phenoxy) is 1. The summed E-state index contributed by atoms with van der Waals surface area (Å²) < 4.78 is 5.39. The summed E-state index contributed by atoms with van der Waals surface area (Å²) in [5, 5.41) is 14.0. The molecule has 0 unspecified atom stereocenters. The molecule has 2 aromatic rings. The quantitative estimate of drug-likeness (QED) is 0.430. The fourth-order valence-electron chi connectivity index (χ4n) is 2.31. The highest BCUT2D eigenvalue weighted by Gasteiger charge is 2.15. The minimum absolute atomic E-state index is 0.120. The molecule has 27 heavy (non-hydrogen) atoms. The van der Waals surface area contributed by atoms with Crippen LogP contribution in [-0.4, -0.2) is 31.5 Å². The van der Waals surface area contributed by atoms with Crippen LogP contribution in [0.2, 0.25) is 0 Å². The highest BCUT2D eigenvalue weighted by molar-refractivity contribution is 6.02. The van der Waals surface area contributed by atoms with Crippen LogP contribution in [-0.2, 0) is 4.79 Å². The summed E-state index contributed by atoms with van der Waals surface area (Å²) in [6, 6.07) is 12.0. The van der Waals surface area contributed by atoms with Gasteiger partial charge in [0.2, 0.25) is 5.91 Å². The summed E-state index contributed by atoms with van der Waals surface area (Å²) in [6.45, 7) is 2.33. The van der Waals surface area contributed by atoms with Crippen LogP contribution in [0.4, 0.5) is 17.1 Å². The average Bonchev–Trinajstić information content (AvgIpc) is 2.65. The van der Waals surface area contributed by atoms with Gasteiger partial charge in [0, 0.05) is 37.6 Å². The minimum atomic E-state index is -0.491. The van der Waals surface area contributed by atoms with Gasteiger partial charge in [-0.2, -0.15) is 0 Å². The summed E-state index contributed by atoms with van der Waals surface area (Å²) >= 11 is 0. The molecule has 0 bridgehead atoms. The van der Waals surface area contributed by atoms with Gasteiger partial charge in [-0.1, -0.05) is 13.0 Å². The van der Waals surface area contributed by atoms with Crippen molar-refractivity contribution in [3.05, 3.63) is 64.2 Å². The average molecular weight is 369 g/mol. The number of nitrogens with zero attached hydrogens (tertiary/aromatic N) is 2. The van der Waals surface area contributed by atoms with Crippen LogP contribution in [0.5, 0.6) is 5.75 Å². The van der Waals surface area contributed by atoms with Crippen LogP contribution >= 0.6 is 0 Å². The molecule has 2 aromatic carbocycles. The molecule has 0 fully saturated rings. The maximum absolute atomic E-state index is 12.1. The van der Waals surface area contributed by atoms with Gasteiger partial charge < -0.3 is 15.0 Å². The number of benzene rings is 2. The number of anilines is 2. The Morgan fingerprint density at radius 3 is 2.52 bits per heavy atom. The summed E-state index contributed by atoms with van der Waals surface area (Å²) in [7, 11) is 3.88. The molecule has 7 nitrogen and oxygen atoms in total. The summed E-state index contributed by atoms with van der Waals surface area (Å²) in [5.74, 6) is -0.0917. The van der Waals surface area contributed by atoms with Crippen molar-refractivity contribution in [1.29, 1.82) is 0 Å². The van der Waals surface area contributed by atoms with Gasteiger partial charge in [0.25, 0.3) is 0 Å². The van der Waals surface area contributed by atoms with Gasteiger partial charge in [-0.25, -0.2) is 0 Å². The number of nitrogens with one attached hydrogen (secondary N) is 1. The Bertz CT molecular complexity index is 830. The van der Waals surface area contributed by atoms with E-state index in [1.807, 2.05) is 50.2 Å². The Hall–Kier alpha value is -3.35. The van der Waals surface area contributed by atoms with Crippen LogP contribution in [0, 0.1) is 10.1 Å². The van der Waals surface area contributed by atoms with Crippen LogP contribution in [0.1, 0.15) is 18.9 Å². The van der Waals surface area contributed by atoms with Gasteiger partial charge in [0.1, 0.15) is 0 Å². The molecular weight excluding hydrogens is 346 g/mol. The molecule has 0 heterocycles. The van der Waals surface area contributed by atoms with Gasteiger partial charge >= 0.3 is 5.69 Å². The molecule has 0 saturated heterocycles. The molecule has 1 N–H and O–H groups in total. The predicted octanol–water partition coefficient (Wildman–Crippen LogP) is 4.10. The number of nitro benzene ring substituents is 1. The van der Waals surface area contributed by atoms with E-state index in [9.17, 15) is 14.9 Å². The van der Waals surface area contributed by atoms with Crippen molar-refractivity contribution in [2.45, 2.75) is 13.3 Å². The Labute approximate surface area is 158 Å². The first-order valence-electron chi connectivity index (χ1n) is 8.58. The van der Waals surface area contributed by atoms with E-state index in [0.29, 0.717) is 17.9 Å². The van der Waals surface area contributed by atoms with Gasteiger partial charge in [-0.3, -0.25) is 14.9 Å². The lowest BCUT2D eigenvalue weighted by Gasteiger charge is -2.12. The van der Waals surface area contributed by atoms with E-state index in [-0.39, 0.29) is 17.3 Å². The Morgan fingerprint density at radius 2 is 1.93 bits per heavy atom. The monoisotopic (exact) mass is 369 g/mol. The Kier molecular flexibility index (Phi) is 6.93. The lowest BCUT2D eigenvalue weighted by atomic mass is 10.1. The first kappa shape index (κ1) is 20.0. The maximum atomic E-state index is 12.1. The largest absolute Gasteiger partial charge is 0.487 e. The van der Waals surface area contributed by atoms with E-state index in [0.717, 1.165) is 12.1 Å². The molecule has 142 valence electrons. The molecule has 0 aromatic heterocycles. The van der Waals surface area contributed by atoms with Gasteiger partial charge in [0.05, 0.1) is 11.5 Å². The van der Waals surface area contributed by atoms with Crippen molar-refractivity contribution in [2.24, 2.45) is 0 Å². The molecule has 2 rings (SSSR count). The van der Waals surface area contributed by atoms with E-state index < -0.39 is 4.92 Å². The third-order valence-electron chi connectivity index (χ3n) is 3.72. The number of hydrogen-bond acceptors (Lipinski definition) is 5. The van der Waals surface area contributed by atoms with Gasteiger partial charge in [0.15, 0.2) is 5.75 Å². The summed E-state index contributed by atoms with van der Waals surface area (Å²) in [5.41, 5.74) is 2.12. The zero-order chi connectivity index (χ0) is 19.8. The third-order valence-corrected chi connectivity index (χ3v) is 3.72. The van der Waals surface area contributed by atoms with Crippen molar-refractivity contribution < 1.29 is 14.5 Å². The molecule has 7 heteroatoms. The van der Waals surface area contributed by atoms with Crippen LogP contribution in [0.25, 0.3) is 6.08 Å². The van der Waals surface area contributed by atoms with E-state index >= 15 is 0 Å². The molecule has 0 atom stereocenters. The second-order valence-corrected chi connectivity index (χ2v) is 6.10. The number of amides is 1. The Balaban J connectivity index is 2.06. The second-order valence-electron chi connectivity index (χ2n) is 6.10. The lowest BCUT2D eigenvalue weighted by molar-refractivity contribution is -0.385. The zero-order valence-corrected chi connectivity index (χ0v) is 15.6. The molecule has 0 aliphatic carbocycles. The highest BCUT2D eigenvalue weighted by atomic mass is 16.6. The van der Waals surface area contributed by atoms with Gasteiger partial charge in [-0.05, 0) is 48.4 Å². The topological polar surface area (TPSA) is 84.7 Å². The molecule has 0 aliphatic rings. The van der Waals surface area contributed by atoms with E-state index in [2.05, 4.69) is 5.32 Å². The van der Waals surface area contributed by atoms with Crippen LogP contribution < -0.4 is 15.0 Å². The number of carbonyl (C=O) groups is 1. The second kappa shape index (κ2) is 9.38. The normalized spacial score (nSPS) is 10.6. The Morgan fingerprint density at radius 1 is 1.22 bits per heavy atom. The predicted molar refractivity (Wildman–Crippen MR) is 107 cm³/mol. The van der Waals surface area contributed by atoms with Crippen molar-refractivity contribution in [1.82, 2.24) is 0 Å². The van der Waals surface area contributed by atoms with Gasteiger partial charge in [-0.15, -0.1) is 0 Å². The minimum Gasteiger partial charge on any atom is -0.487 e. The smallest absolute Gasteiger partial charge is 0.311 e. The molecule has 0 aliphatic heterocycles.